The van der Waals surface area contributed by atoms with Gasteiger partial charge in [0.25, 0.3) is 0 Å². The van der Waals surface area contributed by atoms with E-state index in [9.17, 15) is 14.4 Å². The number of rotatable bonds is 16. The molecule has 226 valence electrons. The third-order valence-corrected chi connectivity index (χ3v) is 8.41. The molecule has 0 radical (unpaired) electrons. The highest BCUT2D eigenvalue weighted by molar-refractivity contribution is 5.81. The highest BCUT2D eigenvalue weighted by Crippen LogP contribution is 2.29. The van der Waals surface area contributed by atoms with E-state index in [2.05, 4.69) is 36.6 Å². The highest BCUT2D eigenvalue weighted by Gasteiger charge is 2.42. The summed E-state index contributed by atoms with van der Waals surface area (Å²) in [5.74, 6) is -0.443. The number of benzene rings is 1. The monoisotopic (exact) mass is 560 g/mol. The Labute approximate surface area is 241 Å². The molecular weight excluding hydrogens is 508 g/mol. The molecule has 0 aromatic heterocycles. The Morgan fingerprint density at radius 1 is 1.10 bits per heavy atom. The van der Waals surface area contributed by atoms with Crippen molar-refractivity contribution in [1.82, 2.24) is 20.4 Å². The van der Waals surface area contributed by atoms with Gasteiger partial charge in [-0.2, -0.15) is 0 Å². The smallest absolute Gasteiger partial charge is 0.236 e. The molecule has 2 N–H and O–H groups in total. The molecule has 0 bridgehead atoms. The lowest BCUT2D eigenvalue weighted by Crippen LogP contribution is -2.54. The number of likely N-dealkylation sites (N-methyl/N-ethyl adjacent to an activating group) is 2. The Morgan fingerprint density at radius 2 is 1.77 bits per heavy atom. The van der Waals surface area contributed by atoms with Gasteiger partial charge in [0.2, 0.25) is 17.7 Å². The van der Waals surface area contributed by atoms with Crippen molar-refractivity contribution in [3.63, 3.8) is 0 Å². The molecule has 7 atom stereocenters. The summed E-state index contributed by atoms with van der Waals surface area (Å²) < 4.78 is 11.7. The molecule has 1 saturated heterocycles. The second-order valence-corrected chi connectivity index (χ2v) is 11.3. The van der Waals surface area contributed by atoms with Crippen molar-refractivity contribution in [3.05, 3.63) is 35.9 Å². The fraction of sp³-hybridized carbons (Fsp3) is 0.710. The Morgan fingerprint density at radius 3 is 2.35 bits per heavy atom. The maximum Gasteiger partial charge on any atom is 0.236 e. The number of amides is 3. The minimum Gasteiger partial charge on any atom is -0.379 e. The number of nitrogens with one attached hydrogen (secondary N) is 2. The lowest BCUT2D eigenvalue weighted by atomic mass is 9.90. The Hall–Kier alpha value is -2.49. The second-order valence-electron chi connectivity index (χ2n) is 11.3. The number of methoxy groups -OCH3 is 2. The Balaban J connectivity index is 2.11. The van der Waals surface area contributed by atoms with E-state index in [1.54, 1.807) is 33.2 Å². The number of carbonyl (C=O) groups excluding carboxylic acids is 3. The summed E-state index contributed by atoms with van der Waals surface area (Å²) in [7, 11) is 6.74. The highest BCUT2D eigenvalue weighted by atomic mass is 16.5. The molecule has 1 heterocycles. The average molecular weight is 561 g/mol. The first kappa shape index (κ1) is 33.7. The predicted molar refractivity (Wildman–Crippen MR) is 158 cm³/mol. The van der Waals surface area contributed by atoms with Gasteiger partial charge in [-0.1, -0.05) is 57.5 Å². The zero-order chi connectivity index (χ0) is 29.8. The molecule has 1 aromatic rings. The van der Waals surface area contributed by atoms with Crippen molar-refractivity contribution in [2.75, 3.05) is 41.4 Å². The summed E-state index contributed by atoms with van der Waals surface area (Å²) in [6, 6.07) is 9.61. The van der Waals surface area contributed by atoms with E-state index in [-0.39, 0.29) is 54.7 Å². The van der Waals surface area contributed by atoms with Gasteiger partial charge in [-0.05, 0) is 44.7 Å². The van der Waals surface area contributed by atoms with Crippen LogP contribution < -0.4 is 10.6 Å². The van der Waals surface area contributed by atoms with E-state index in [0.29, 0.717) is 6.54 Å². The standard InChI is InChI=1S/C31H52N4O5/c1-9-21(2)29(34(6)28(37)20-32-5)26(39-7)19-27(36)35-17-13-16-25(35)30(40-8)23(4)31(38)33-22(3)18-24-14-11-10-12-15-24/h10-12,14-15,21-23,25-26,29-30,32H,9,13,16-20H2,1-8H3,(H,33,38). The Bertz CT molecular complexity index is 930. The summed E-state index contributed by atoms with van der Waals surface area (Å²) in [4.78, 5) is 43.3. The fourth-order valence-corrected chi connectivity index (χ4v) is 5.99. The van der Waals surface area contributed by atoms with Gasteiger partial charge in [0, 0.05) is 33.9 Å². The third kappa shape index (κ3) is 9.01. The van der Waals surface area contributed by atoms with Gasteiger partial charge < -0.3 is 29.9 Å². The number of likely N-dealkylation sites (tertiary alicyclic amines) is 1. The predicted octanol–water partition coefficient (Wildman–Crippen LogP) is 2.87. The van der Waals surface area contributed by atoms with Crippen molar-refractivity contribution < 1.29 is 23.9 Å². The molecule has 0 saturated carbocycles. The fourth-order valence-electron chi connectivity index (χ4n) is 5.99. The SMILES string of the molecule is CCC(C)C(C(CC(=O)N1CCCC1C(OC)C(C)C(=O)NC(C)Cc1ccccc1)OC)N(C)C(=O)CNC. The molecule has 3 amide bonds. The maximum atomic E-state index is 13.7. The van der Waals surface area contributed by atoms with Gasteiger partial charge in [0.05, 0.1) is 43.2 Å². The number of nitrogens with zero attached hydrogens (tertiary/aromatic N) is 2. The van der Waals surface area contributed by atoms with Crippen molar-refractivity contribution >= 4 is 17.7 Å². The van der Waals surface area contributed by atoms with Crippen molar-refractivity contribution in [2.45, 2.75) is 90.1 Å². The van der Waals surface area contributed by atoms with Crippen LogP contribution in [0.2, 0.25) is 0 Å². The molecule has 0 spiro atoms. The van der Waals surface area contributed by atoms with Gasteiger partial charge in [-0.25, -0.2) is 0 Å². The molecule has 1 fully saturated rings. The molecule has 40 heavy (non-hydrogen) atoms. The summed E-state index contributed by atoms with van der Waals surface area (Å²) in [6.45, 7) is 8.88. The quantitative estimate of drug-likeness (QED) is 0.323. The largest absolute Gasteiger partial charge is 0.379 e. The van der Waals surface area contributed by atoms with E-state index < -0.39 is 18.1 Å². The van der Waals surface area contributed by atoms with Crippen LogP contribution in [0.5, 0.6) is 0 Å². The summed E-state index contributed by atoms with van der Waals surface area (Å²) in [6.07, 6.45) is 2.49. The lowest BCUT2D eigenvalue weighted by Gasteiger charge is -2.39. The van der Waals surface area contributed by atoms with Crippen LogP contribution in [0.4, 0.5) is 0 Å². The maximum absolute atomic E-state index is 13.7. The van der Waals surface area contributed by atoms with Crippen LogP contribution in [-0.4, -0.2) is 99.3 Å². The molecule has 9 nitrogen and oxygen atoms in total. The third-order valence-electron chi connectivity index (χ3n) is 8.41. The van der Waals surface area contributed by atoms with E-state index >= 15 is 0 Å². The van der Waals surface area contributed by atoms with Crippen LogP contribution in [0.1, 0.15) is 58.9 Å². The van der Waals surface area contributed by atoms with Gasteiger partial charge >= 0.3 is 0 Å². The van der Waals surface area contributed by atoms with E-state index in [0.717, 1.165) is 25.7 Å². The molecule has 1 aromatic carbocycles. The van der Waals surface area contributed by atoms with E-state index in [4.69, 9.17) is 9.47 Å². The van der Waals surface area contributed by atoms with Gasteiger partial charge in [-0.3, -0.25) is 14.4 Å². The van der Waals surface area contributed by atoms with Gasteiger partial charge in [0.1, 0.15) is 0 Å². The van der Waals surface area contributed by atoms with Crippen molar-refractivity contribution in [1.29, 1.82) is 0 Å². The molecule has 9 heteroatoms. The topological polar surface area (TPSA) is 100 Å². The molecule has 0 aliphatic carbocycles. The van der Waals surface area contributed by atoms with Gasteiger partial charge in [0.15, 0.2) is 0 Å². The summed E-state index contributed by atoms with van der Waals surface area (Å²) >= 11 is 0. The average Bonchev–Trinajstić information content (AvgIpc) is 3.42. The van der Waals surface area contributed by atoms with Crippen molar-refractivity contribution in [3.8, 4) is 0 Å². The van der Waals surface area contributed by atoms with Crippen LogP contribution >= 0.6 is 0 Å². The van der Waals surface area contributed by atoms with Crippen LogP contribution in [0.15, 0.2) is 30.3 Å². The van der Waals surface area contributed by atoms with E-state index in [1.807, 2.05) is 36.9 Å². The zero-order valence-corrected chi connectivity index (χ0v) is 25.8. The normalized spacial score (nSPS) is 19.8. The van der Waals surface area contributed by atoms with Crippen LogP contribution in [0.25, 0.3) is 0 Å². The zero-order valence-electron chi connectivity index (χ0n) is 25.8. The lowest BCUT2D eigenvalue weighted by molar-refractivity contribution is -0.145. The number of ether oxygens (including phenoxy) is 2. The van der Waals surface area contributed by atoms with Crippen LogP contribution in [-0.2, 0) is 30.3 Å². The van der Waals surface area contributed by atoms with Crippen LogP contribution in [0.3, 0.4) is 0 Å². The first-order chi connectivity index (χ1) is 19.1. The first-order valence-electron chi connectivity index (χ1n) is 14.7. The molecule has 7 unspecified atom stereocenters. The molecular formula is C31H52N4O5. The molecule has 2 rings (SSSR count). The Kier molecular flexibility index (Phi) is 14.1. The number of hydrogen-bond donors (Lipinski definition) is 2. The second kappa shape index (κ2) is 16.7. The molecule has 1 aliphatic heterocycles. The summed E-state index contributed by atoms with van der Waals surface area (Å²) in [5.41, 5.74) is 1.17. The first-order valence-corrected chi connectivity index (χ1v) is 14.7. The number of hydrogen-bond acceptors (Lipinski definition) is 6. The minimum absolute atomic E-state index is 0.0290. The summed E-state index contributed by atoms with van der Waals surface area (Å²) in [5, 5.41) is 6.05. The van der Waals surface area contributed by atoms with Crippen molar-refractivity contribution in [2.24, 2.45) is 11.8 Å². The minimum atomic E-state index is -0.449. The van der Waals surface area contributed by atoms with Crippen LogP contribution in [0, 0.1) is 11.8 Å². The number of carbonyl (C=O) groups is 3. The molecule has 1 aliphatic rings. The van der Waals surface area contributed by atoms with E-state index in [1.165, 1.54) is 5.56 Å². The van der Waals surface area contributed by atoms with Gasteiger partial charge in [-0.15, -0.1) is 0 Å².